The maximum Gasteiger partial charge on any atom is 0.0592 e. The lowest BCUT2D eigenvalue weighted by atomic mass is 9.95. The molecule has 0 amide bonds. The lowest BCUT2D eigenvalue weighted by Gasteiger charge is -2.19. The number of rotatable bonds is 3. The molecule has 1 atom stereocenters. The highest BCUT2D eigenvalue weighted by atomic mass is 14.9. The van der Waals surface area contributed by atoms with Gasteiger partial charge in [-0.05, 0) is 53.6 Å². The maximum atomic E-state index is 4.26. The van der Waals surface area contributed by atoms with Gasteiger partial charge in [0.25, 0.3) is 0 Å². The third-order valence-electron chi connectivity index (χ3n) is 3.79. The second-order valence-corrected chi connectivity index (χ2v) is 5.06. The van der Waals surface area contributed by atoms with Crippen molar-refractivity contribution < 1.29 is 0 Å². The van der Waals surface area contributed by atoms with Crippen LogP contribution in [-0.4, -0.2) is 12.0 Å². The van der Waals surface area contributed by atoms with Gasteiger partial charge in [-0.15, -0.1) is 0 Å². The van der Waals surface area contributed by atoms with Gasteiger partial charge in [-0.3, -0.25) is 4.98 Å². The van der Waals surface area contributed by atoms with Crippen molar-refractivity contribution in [3.63, 3.8) is 0 Å². The van der Waals surface area contributed by atoms with E-state index in [0.29, 0.717) is 0 Å². The standard InChI is InChI=1S/C18H18N2/c1-13-9-10-20-12-17(13)18(19-2)16-8-7-14-5-3-4-6-15(14)11-16/h3-12,18-19H,1-2H3. The smallest absolute Gasteiger partial charge is 0.0592 e. The molecular weight excluding hydrogens is 244 g/mol. The topological polar surface area (TPSA) is 24.9 Å². The number of nitrogens with zero attached hydrogens (tertiary/aromatic N) is 1. The highest BCUT2D eigenvalue weighted by molar-refractivity contribution is 5.83. The number of benzene rings is 2. The molecule has 20 heavy (non-hydrogen) atoms. The number of nitrogens with one attached hydrogen (secondary N) is 1. The van der Waals surface area contributed by atoms with E-state index in [1.54, 1.807) is 0 Å². The first kappa shape index (κ1) is 12.8. The Morgan fingerprint density at radius 2 is 1.80 bits per heavy atom. The Hall–Kier alpha value is -2.19. The van der Waals surface area contributed by atoms with Crippen LogP contribution >= 0.6 is 0 Å². The predicted molar refractivity (Wildman–Crippen MR) is 83.8 cm³/mol. The normalized spacial score (nSPS) is 12.5. The average Bonchev–Trinajstić information content (AvgIpc) is 2.50. The van der Waals surface area contributed by atoms with E-state index >= 15 is 0 Å². The Balaban J connectivity index is 2.10. The highest BCUT2D eigenvalue weighted by Crippen LogP contribution is 2.26. The van der Waals surface area contributed by atoms with Crippen LogP contribution in [0.4, 0.5) is 0 Å². The molecule has 3 aromatic rings. The van der Waals surface area contributed by atoms with E-state index in [1.807, 2.05) is 19.4 Å². The van der Waals surface area contributed by atoms with Crippen molar-refractivity contribution in [3.05, 3.63) is 77.6 Å². The lowest BCUT2D eigenvalue weighted by Crippen LogP contribution is -2.18. The summed E-state index contributed by atoms with van der Waals surface area (Å²) in [7, 11) is 1.99. The van der Waals surface area contributed by atoms with Crippen LogP contribution in [0.15, 0.2) is 60.9 Å². The number of fused-ring (bicyclic) bond motifs is 1. The third kappa shape index (κ3) is 2.30. The summed E-state index contributed by atoms with van der Waals surface area (Å²) in [5, 5.41) is 5.94. The summed E-state index contributed by atoms with van der Waals surface area (Å²) in [4.78, 5) is 4.26. The van der Waals surface area contributed by atoms with Crippen LogP contribution in [0.25, 0.3) is 10.8 Å². The summed E-state index contributed by atoms with van der Waals surface area (Å²) in [6.45, 7) is 2.13. The van der Waals surface area contributed by atoms with Crippen LogP contribution in [0.1, 0.15) is 22.7 Å². The molecule has 0 bridgehead atoms. The van der Waals surface area contributed by atoms with E-state index in [0.717, 1.165) is 0 Å². The summed E-state index contributed by atoms with van der Waals surface area (Å²) < 4.78 is 0. The van der Waals surface area contributed by atoms with Crippen LogP contribution in [0.3, 0.4) is 0 Å². The molecule has 100 valence electrons. The van der Waals surface area contributed by atoms with Gasteiger partial charge in [0.2, 0.25) is 0 Å². The Kier molecular flexibility index (Phi) is 3.48. The van der Waals surface area contributed by atoms with Crippen molar-refractivity contribution in [2.24, 2.45) is 0 Å². The minimum absolute atomic E-state index is 0.174. The summed E-state index contributed by atoms with van der Waals surface area (Å²) in [5.41, 5.74) is 3.75. The molecule has 0 spiro atoms. The van der Waals surface area contributed by atoms with Gasteiger partial charge in [-0.2, -0.15) is 0 Å². The van der Waals surface area contributed by atoms with Gasteiger partial charge in [-0.1, -0.05) is 36.4 Å². The molecule has 0 fully saturated rings. The second-order valence-electron chi connectivity index (χ2n) is 5.06. The molecule has 0 aliphatic heterocycles. The van der Waals surface area contributed by atoms with E-state index in [4.69, 9.17) is 0 Å². The molecule has 0 aliphatic carbocycles. The minimum Gasteiger partial charge on any atom is -0.309 e. The quantitative estimate of drug-likeness (QED) is 0.775. The lowest BCUT2D eigenvalue weighted by molar-refractivity contribution is 0.685. The third-order valence-corrected chi connectivity index (χ3v) is 3.79. The van der Waals surface area contributed by atoms with Crippen LogP contribution in [0, 0.1) is 6.92 Å². The summed E-state index contributed by atoms with van der Waals surface area (Å²) in [6, 6.07) is 17.3. The molecular formula is C18H18N2. The molecule has 0 saturated heterocycles. The van der Waals surface area contributed by atoms with E-state index < -0.39 is 0 Å². The van der Waals surface area contributed by atoms with Crippen molar-refractivity contribution in [2.75, 3.05) is 7.05 Å². The number of pyridine rings is 1. The second kappa shape index (κ2) is 5.43. The number of aryl methyl sites for hydroxylation is 1. The monoisotopic (exact) mass is 262 g/mol. The molecule has 2 nitrogen and oxygen atoms in total. The van der Waals surface area contributed by atoms with Gasteiger partial charge in [0.15, 0.2) is 0 Å². The van der Waals surface area contributed by atoms with Crippen molar-refractivity contribution in [3.8, 4) is 0 Å². The van der Waals surface area contributed by atoms with Crippen molar-refractivity contribution in [2.45, 2.75) is 13.0 Å². The van der Waals surface area contributed by atoms with E-state index in [2.05, 4.69) is 65.8 Å². The molecule has 2 aromatic carbocycles. The fraction of sp³-hybridized carbons (Fsp3) is 0.167. The molecule has 1 unspecified atom stereocenters. The zero-order chi connectivity index (χ0) is 13.9. The van der Waals surface area contributed by atoms with Crippen LogP contribution in [0.5, 0.6) is 0 Å². The largest absolute Gasteiger partial charge is 0.309 e. The van der Waals surface area contributed by atoms with Crippen LogP contribution in [-0.2, 0) is 0 Å². The van der Waals surface area contributed by atoms with Gasteiger partial charge >= 0.3 is 0 Å². The average molecular weight is 262 g/mol. The number of hydrogen-bond acceptors (Lipinski definition) is 2. The highest BCUT2D eigenvalue weighted by Gasteiger charge is 2.14. The first-order valence-electron chi connectivity index (χ1n) is 6.86. The molecule has 1 heterocycles. The zero-order valence-corrected chi connectivity index (χ0v) is 11.8. The molecule has 1 aromatic heterocycles. The molecule has 0 radical (unpaired) electrons. The Morgan fingerprint density at radius 3 is 2.55 bits per heavy atom. The Morgan fingerprint density at radius 1 is 1.00 bits per heavy atom. The summed E-state index contributed by atoms with van der Waals surface area (Å²) in [6.07, 6.45) is 3.79. The molecule has 0 aliphatic rings. The Labute approximate surface area is 119 Å². The minimum atomic E-state index is 0.174. The maximum absolute atomic E-state index is 4.26. The van der Waals surface area contributed by atoms with Crippen molar-refractivity contribution in [1.29, 1.82) is 0 Å². The fourth-order valence-corrected chi connectivity index (χ4v) is 2.67. The van der Waals surface area contributed by atoms with Crippen LogP contribution < -0.4 is 5.32 Å². The van der Waals surface area contributed by atoms with Crippen molar-refractivity contribution >= 4 is 10.8 Å². The van der Waals surface area contributed by atoms with Gasteiger partial charge < -0.3 is 5.32 Å². The van der Waals surface area contributed by atoms with E-state index in [9.17, 15) is 0 Å². The van der Waals surface area contributed by atoms with E-state index in [1.165, 1.54) is 27.5 Å². The molecule has 0 saturated carbocycles. The fourth-order valence-electron chi connectivity index (χ4n) is 2.67. The van der Waals surface area contributed by atoms with Gasteiger partial charge in [0.1, 0.15) is 0 Å². The Bertz CT molecular complexity index is 734. The van der Waals surface area contributed by atoms with Gasteiger partial charge in [0.05, 0.1) is 6.04 Å². The van der Waals surface area contributed by atoms with Crippen LogP contribution in [0.2, 0.25) is 0 Å². The van der Waals surface area contributed by atoms with E-state index in [-0.39, 0.29) is 6.04 Å². The van der Waals surface area contributed by atoms with Crippen molar-refractivity contribution in [1.82, 2.24) is 10.3 Å². The molecule has 2 heteroatoms. The number of hydrogen-bond donors (Lipinski definition) is 1. The first-order chi connectivity index (χ1) is 9.79. The summed E-state index contributed by atoms with van der Waals surface area (Å²) in [5.74, 6) is 0. The summed E-state index contributed by atoms with van der Waals surface area (Å²) >= 11 is 0. The predicted octanol–water partition coefficient (Wildman–Crippen LogP) is 3.85. The van der Waals surface area contributed by atoms with Gasteiger partial charge in [-0.25, -0.2) is 0 Å². The first-order valence-corrected chi connectivity index (χ1v) is 6.86. The molecule has 1 N–H and O–H groups in total. The number of aromatic nitrogens is 1. The zero-order valence-electron chi connectivity index (χ0n) is 11.8. The van der Waals surface area contributed by atoms with Gasteiger partial charge in [0, 0.05) is 12.4 Å². The molecule has 3 rings (SSSR count). The SMILES string of the molecule is CNC(c1ccc2ccccc2c1)c1cnccc1C.